The molecule has 0 fully saturated rings. The molecule has 0 spiro atoms. The van der Waals surface area contributed by atoms with Gasteiger partial charge in [0.15, 0.2) is 0 Å². The fraction of sp³-hybridized carbons (Fsp3) is 0.0556. The average molecular weight is 295 g/mol. The van der Waals surface area contributed by atoms with Crippen LogP contribution in [-0.4, -0.2) is 11.7 Å². The number of benzene rings is 3. The molecule has 0 amide bonds. The van der Waals surface area contributed by atoms with Gasteiger partial charge < -0.3 is 5.73 Å². The number of amidine groups is 1. The van der Waals surface area contributed by atoms with Crippen molar-refractivity contribution < 1.29 is 0 Å². The monoisotopic (exact) mass is 294 g/mol. The molecular formula is C18H15ClN2. The second kappa shape index (κ2) is 5.98. The highest BCUT2D eigenvalue weighted by molar-refractivity contribution is 6.28. The first kappa shape index (κ1) is 13.7. The van der Waals surface area contributed by atoms with Crippen molar-refractivity contribution in [1.29, 1.82) is 0 Å². The molecule has 0 aliphatic carbocycles. The van der Waals surface area contributed by atoms with Gasteiger partial charge >= 0.3 is 0 Å². The van der Waals surface area contributed by atoms with Gasteiger partial charge in [0.2, 0.25) is 0 Å². The predicted octanol–water partition coefficient (Wildman–Crippen LogP) is 4.73. The first-order valence-electron chi connectivity index (χ1n) is 6.74. The van der Waals surface area contributed by atoms with Gasteiger partial charge in [-0.05, 0) is 40.1 Å². The molecule has 0 heterocycles. The van der Waals surface area contributed by atoms with E-state index in [0.717, 1.165) is 11.3 Å². The molecule has 3 aromatic carbocycles. The molecule has 2 N–H and O–H groups in total. The highest BCUT2D eigenvalue weighted by Crippen LogP contribution is 2.26. The molecule has 0 aliphatic heterocycles. The minimum absolute atomic E-state index is 0.242. The summed E-state index contributed by atoms with van der Waals surface area (Å²) < 4.78 is 0. The summed E-state index contributed by atoms with van der Waals surface area (Å²) >= 11 is 5.63. The number of hydrogen-bond acceptors (Lipinski definition) is 1. The molecule has 104 valence electrons. The van der Waals surface area contributed by atoms with E-state index in [-0.39, 0.29) is 5.88 Å². The van der Waals surface area contributed by atoms with E-state index in [2.05, 4.69) is 47.5 Å². The second-order valence-corrected chi connectivity index (χ2v) is 5.11. The molecule has 0 saturated heterocycles. The summed E-state index contributed by atoms with van der Waals surface area (Å²) in [5, 5.41) is 2.49. The Kier molecular flexibility index (Phi) is 3.89. The lowest BCUT2D eigenvalue weighted by atomic mass is 10.0. The number of alkyl halides is 1. The van der Waals surface area contributed by atoms with E-state index >= 15 is 0 Å². The number of nitrogens with zero attached hydrogens (tertiary/aromatic N) is 1. The van der Waals surface area contributed by atoms with Crippen molar-refractivity contribution >= 4 is 33.9 Å². The molecule has 0 radical (unpaired) electrons. The Morgan fingerprint density at radius 3 is 2.24 bits per heavy atom. The van der Waals surface area contributed by atoms with Crippen LogP contribution in [0.2, 0.25) is 0 Å². The SMILES string of the molecule is NC(CCl)=Nc1ccc(-c2ccc3ccccc3c2)cc1. The predicted molar refractivity (Wildman–Crippen MR) is 91.4 cm³/mol. The van der Waals surface area contributed by atoms with Crippen molar-refractivity contribution in [2.24, 2.45) is 10.7 Å². The summed E-state index contributed by atoms with van der Waals surface area (Å²) in [4.78, 5) is 4.22. The van der Waals surface area contributed by atoms with E-state index in [0.29, 0.717) is 5.84 Å². The Hall–Kier alpha value is -2.32. The van der Waals surface area contributed by atoms with E-state index in [1.165, 1.54) is 16.3 Å². The molecule has 0 aromatic heterocycles. The molecule has 3 rings (SSSR count). The Morgan fingerprint density at radius 1 is 0.857 bits per heavy atom. The van der Waals surface area contributed by atoms with Gasteiger partial charge in [-0.15, -0.1) is 11.6 Å². The van der Waals surface area contributed by atoms with Gasteiger partial charge in [0, 0.05) is 0 Å². The number of rotatable bonds is 3. The van der Waals surface area contributed by atoms with Crippen LogP contribution in [0.4, 0.5) is 5.69 Å². The summed E-state index contributed by atoms with van der Waals surface area (Å²) in [5.41, 5.74) is 8.80. The molecule has 0 aliphatic rings. The van der Waals surface area contributed by atoms with Crippen LogP contribution in [0, 0.1) is 0 Å². The quantitative estimate of drug-likeness (QED) is 0.423. The van der Waals surface area contributed by atoms with E-state index in [1.807, 2.05) is 24.3 Å². The highest BCUT2D eigenvalue weighted by Gasteiger charge is 2.00. The summed E-state index contributed by atoms with van der Waals surface area (Å²) in [6.07, 6.45) is 0. The van der Waals surface area contributed by atoms with Crippen LogP contribution < -0.4 is 5.73 Å². The van der Waals surface area contributed by atoms with E-state index < -0.39 is 0 Å². The maximum Gasteiger partial charge on any atom is 0.115 e. The Balaban J connectivity index is 1.95. The van der Waals surface area contributed by atoms with Gasteiger partial charge in [-0.3, -0.25) is 0 Å². The minimum Gasteiger partial charge on any atom is -0.386 e. The summed E-state index contributed by atoms with van der Waals surface area (Å²) in [6.45, 7) is 0. The maximum atomic E-state index is 5.63. The van der Waals surface area contributed by atoms with Crippen LogP contribution in [0.3, 0.4) is 0 Å². The summed E-state index contributed by atoms with van der Waals surface area (Å²) in [7, 11) is 0. The molecule has 0 saturated carbocycles. The van der Waals surface area contributed by atoms with Gasteiger partial charge in [-0.2, -0.15) is 0 Å². The minimum atomic E-state index is 0.242. The Bertz CT molecular complexity index is 792. The smallest absolute Gasteiger partial charge is 0.115 e. The Labute approximate surface area is 128 Å². The molecule has 0 unspecified atom stereocenters. The van der Waals surface area contributed by atoms with E-state index in [4.69, 9.17) is 17.3 Å². The average Bonchev–Trinajstić information content (AvgIpc) is 2.55. The summed E-state index contributed by atoms with van der Waals surface area (Å²) in [5.74, 6) is 0.669. The number of aliphatic imine (C=N–C) groups is 1. The van der Waals surface area contributed by atoms with Crippen molar-refractivity contribution in [2.45, 2.75) is 0 Å². The van der Waals surface area contributed by atoms with Crippen LogP contribution in [0.1, 0.15) is 0 Å². The molecule has 0 atom stereocenters. The number of fused-ring (bicyclic) bond motifs is 1. The van der Waals surface area contributed by atoms with Crippen LogP contribution in [0.5, 0.6) is 0 Å². The highest BCUT2D eigenvalue weighted by atomic mass is 35.5. The topological polar surface area (TPSA) is 38.4 Å². The van der Waals surface area contributed by atoms with Crippen molar-refractivity contribution in [2.75, 3.05) is 5.88 Å². The maximum absolute atomic E-state index is 5.63. The van der Waals surface area contributed by atoms with Gasteiger partial charge in [-0.1, -0.05) is 48.5 Å². The number of nitrogens with two attached hydrogens (primary N) is 1. The van der Waals surface area contributed by atoms with Crippen molar-refractivity contribution in [3.8, 4) is 11.1 Å². The van der Waals surface area contributed by atoms with Crippen LogP contribution >= 0.6 is 11.6 Å². The first-order valence-corrected chi connectivity index (χ1v) is 7.28. The Morgan fingerprint density at radius 2 is 1.52 bits per heavy atom. The van der Waals surface area contributed by atoms with Gasteiger partial charge in [0.25, 0.3) is 0 Å². The van der Waals surface area contributed by atoms with Crippen molar-refractivity contribution in [3.63, 3.8) is 0 Å². The van der Waals surface area contributed by atoms with Crippen molar-refractivity contribution in [1.82, 2.24) is 0 Å². The van der Waals surface area contributed by atoms with Crippen LogP contribution in [0.25, 0.3) is 21.9 Å². The zero-order chi connectivity index (χ0) is 14.7. The molecule has 0 bridgehead atoms. The largest absolute Gasteiger partial charge is 0.386 e. The lowest BCUT2D eigenvalue weighted by Gasteiger charge is -2.05. The van der Waals surface area contributed by atoms with Crippen molar-refractivity contribution in [3.05, 3.63) is 66.7 Å². The fourth-order valence-electron chi connectivity index (χ4n) is 2.29. The molecule has 2 nitrogen and oxygen atoms in total. The van der Waals surface area contributed by atoms with Crippen LogP contribution in [-0.2, 0) is 0 Å². The zero-order valence-electron chi connectivity index (χ0n) is 11.5. The first-order chi connectivity index (χ1) is 10.3. The third-order valence-corrected chi connectivity index (χ3v) is 3.63. The second-order valence-electron chi connectivity index (χ2n) is 4.85. The van der Waals surface area contributed by atoms with Gasteiger partial charge in [0.1, 0.15) is 5.84 Å². The molecular weight excluding hydrogens is 280 g/mol. The lowest BCUT2D eigenvalue weighted by Crippen LogP contribution is -2.12. The summed E-state index contributed by atoms with van der Waals surface area (Å²) in [6, 6.07) is 22.8. The molecule has 21 heavy (non-hydrogen) atoms. The standard InChI is InChI=1S/C18H15ClN2/c19-12-18(20)21-17-9-7-14(8-10-17)16-6-5-13-3-1-2-4-15(13)11-16/h1-11H,12H2,(H2,20,21). The fourth-order valence-corrected chi connectivity index (χ4v) is 2.35. The van der Waals surface area contributed by atoms with Gasteiger partial charge in [0.05, 0.1) is 11.6 Å². The number of hydrogen-bond donors (Lipinski definition) is 1. The van der Waals surface area contributed by atoms with E-state index in [1.54, 1.807) is 0 Å². The lowest BCUT2D eigenvalue weighted by molar-refractivity contribution is 1.45. The third-order valence-electron chi connectivity index (χ3n) is 3.36. The number of halogens is 1. The van der Waals surface area contributed by atoms with Gasteiger partial charge in [-0.25, -0.2) is 4.99 Å². The van der Waals surface area contributed by atoms with E-state index in [9.17, 15) is 0 Å². The molecule has 3 heteroatoms. The normalized spacial score (nSPS) is 11.8. The van der Waals surface area contributed by atoms with Crippen LogP contribution in [0.15, 0.2) is 71.7 Å². The zero-order valence-corrected chi connectivity index (χ0v) is 12.2. The third kappa shape index (κ3) is 3.06. The molecule has 3 aromatic rings.